The van der Waals surface area contributed by atoms with Crippen LogP contribution in [-0.4, -0.2) is 11.1 Å². The lowest BCUT2D eigenvalue weighted by Crippen LogP contribution is -2.81. The van der Waals surface area contributed by atoms with E-state index in [0.29, 0.717) is 0 Å². The summed E-state index contributed by atoms with van der Waals surface area (Å²) >= 11 is 0. The summed E-state index contributed by atoms with van der Waals surface area (Å²) in [6, 6.07) is 18.9. The first-order valence-corrected chi connectivity index (χ1v) is 17.3. The number of pyridine rings is 1. The second-order valence-corrected chi connectivity index (χ2v) is 13.4. The molecule has 7 aromatic rings. The molecule has 0 aliphatic rings. The van der Waals surface area contributed by atoms with Crippen molar-refractivity contribution in [3.8, 4) is 0 Å². The Kier molecular flexibility index (Phi) is 12.7. The van der Waals surface area contributed by atoms with Crippen LogP contribution in [0.1, 0.15) is 5.56 Å². The zero-order chi connectivity index (χ0) is 48.3. The third-order valence-corrected chi connectivity index (χ3v) is 9.98. The van der Waals surface area contributed by atoms with Gasteiger partial charge in [-0.2, -0.15) is 4.57 Å². The molecule has 0 atom stereocenters. The van der Waals surface area contributed by atoms with Crippen LogP contribution in [0.2, 0.25) is 0 Å². The van der Waals surface area contributed by atoms with Gasteiger partial charge in [0.15, 0.2) is 82.5 Å². The average molecular weight is 944 g/mol. The molecule has 0 aliphatic carbocycles. The fraction of sp³-hybridized carbons (Fsp3) is 0.0250. The Morgan fingerprint density at radius 2 is 0.708 bits per heavy atom. The zero-order valence-corrected chi connectivity index (χ0v) is 30.9. The number of aromatic nitrogens is 1. The highest BCUT2D eigenvalue weighted by molar-refractivity contribution is 7.20. The number of rotatable bonds is 7. The van der Waals surface area contributed by atoms with Crippen LogP contribution in [0.3, 0.4) is 0 Å². The van der Waals surface area contributed by atoms with Gasteiger partial charge in [-0.15, -0.1) is 21.9 Å². The van der Waals surface area contributed by atoms with Gasteiger partial charge in [-0.05, 0) is 6.07 Å². The summed E-state index contributed by atoms with van der Waals surface area (Å²) in [5.41, 5.74) is -12.0. The minimum atomic E-state index is -7.22. The lowest BCUT2D eigenvalue weighted by atomic mass is 9.12. The number of non-ortho nitro benzene ring substituents is 1. The van der Waals surface area contributed by atoms with E-state index in [4.69, 9.17) is 0 Å². The molecule has 0 saturated heterocycles. The SMILES string of the molecule is Fc1c(F)c(F)c([B-](c2c(F)c(F)c(F)c(F)c2F)(c2c(F)c(F)c(F)c(F)c2F)c2c(F)c(F)c(F)c(F)c2F)c(F)c1F.O=[N+]([O-])c1ccc2c(ccc[n+]2Cc2ccccc2)c1. The molecule has 338 valence electrons. The van der Waals surface area contributed by atoms with Gasteiger partial charge in [-0.3, -0.25) is 10.1 Å². The van der Waals surface area contributed by atoms with Gasteiger partial charge in [0, 0.05) is 29.8 Å². The molecule has 0 aliphatic heterocycles. The summed E-state index contributed by atoms with van der Waals surface area (Å²) in [6.45, 7) is 0.746. The molecule has 25 heteroatoms. The van der Waals surface area contributed by atoms with Gasteiger partial charge in [0.25, 0.3) is 5.69 Å². The number of nitro groups is 1. The van der Waals surface area contributed by atoms with E-state index in [0.717, 1.165) is 17.4 Å². The van der Waals surface area contributed by atoms with Crippen molar-refractivity contribution in [3.63, 3.8) is 0 Å². The van der Waals surface area contributed by atoms with Crippen molar-refractivity contribution in [2.75, 3.05) is 0 Å². The third-order valence-electron chi connectivity index (χ3n) is 9.98. The highest BCUT2D eigenvalue weighted by atomic mass is 19.2. The second kappa shape index (κ2) is 17.4. The molecule has 65 heavy (non-hydrogen) atoms. The number of nitrogens with zero attached hydrogens (tertiary/aromatic N) is 2. The number of hydrogen-bond acceptors (Lipinski definition) is 2. The van der Waals surface area contributed by atoms with Gasteiger partial charge in [-0.1, -0.05) is 30.3 Å². The predicted octanol–water partition coefficient (Wildman–Crippen LogP) is 8.93. The van der Waals surface area contributed by atoms with Gasteiger partial charge >= 0.3 is 0 Å². The number of fused-ring (bicyclic) bond motifs is 1. The molecule has 0 bridgehead atoms. The molecule has 0 radical (unpaired) electrons. The van der Waals surface area contributed by atoms with Gasteiger partial charge in [-0.25, -0.2) is 87.8 Å². The Hall–Kier alpha value is -7.21. The summed E-state index contributed by atoms with van der Waals surface area (Å²) in [4.78, 5) is 10.5. The van der Waals surface area contributed by atoms with Gasteiger partial charge in [0.1, 0.15) is 52.7 Å². The van der Waals surface area contributed by atoms with Crippen molar-refractivity contribution in [2.45, 2.75) is 6.54 Å². The summed E-state index contributed by atoms with van der Waals surface area (Å²) in [7, 11) is 0. The Morgan fingerprint density at radius 3 is 1.02 bits per heavy atom. The molecule has 0 amide bonds. The second-order valence-electron chi connectivity index (χ2n) is 13.4. The van der Waals surface area contributed by atoms with Crippen LogP contribution in [0.15, 0.2) is 66.9 Å². The van der Waals surface area contributed by atoms with Gasteiger partial charge in [0.2, 0.25) is 5.52 Å². The van der Waals surface area contributed by atoms with Crippen LogP contribution < -0.4 is 26.4 Å². The van der Waals surface area contributed by atoms with Crippen LogP contribution in [0, 0.1) is 126 Å². The van der Waals surface area contributed by atoms with Gasteiger partial charge < -0.3 is 0 Å². The molecule has 6 aromatic carbocycles. The monoisotopic (exact) mass is 944 g/mol. The summed E-state index contributed by atoms with van der Waals surface area (Å²) < 4.78 is 296. The fourth-order valence-electron chi connectivity index (χ4n) is 7.17. The van der Waals surface area contributed by atoms with Crippen molar-refractivity contribution in [1.82, 2.24) is 0 Å². The summed E-state index contributed by atoms with van der Waals surface area (Å²) in [6.07, 6.45) is -5.23. The van der Waals surface area contributed by atoms with Crippen LogP contribution >= 0.6 is 0 Å². The molecule has 0 saturated carbocycles. The van der Waals surface area contributed by atoms with E-state index in [-0.39, 0.29) is 10.6 Å². The van der Waals surface area contributed by atoms with E-state index in [1.165, 1.54) is 5.56 Å². The first-order chi connectivity index (χ1) is 30.4. The standard InChI is InChI=1S/C24BF20.C16H13N2O2/c26-5-1(6(27)14(35)21(42)13(5)34)25(2-7(28)15(36)22(43)16(37)8(2)29,3-9(30)17(38)23(44)18(39)10(3)31)4-11(32)19(40)24(45)20(41)12(4)33;19-18(20)15-8-9-16-14(11-15)7-4-10-17(16)12-13-5-2-1-3-6-13/h;1-11H,12H2/q-1;+1. The lowest BCUT2D eigenvalue weighted by molar-refractivity contribution is -0.662. The maximum atomic E-state index is 15.4. The molecular formula is C40H13BF20N2O2. The smallest absolute Gasteiger partial charge is 0.258 e. The molecule has 1 heterocycles. The van der Waals surface area contributed by atoms with Crippen molar-refractivity contribution in [2.24, 2.45) is 0 Å². The fourth-order valence-corrected chi connectivity index (χ4v) is 7.17. The minimum Gasteiger partial charge on any atom is -0.258 e. The molecule has 0 N–H and O–H groups in total. The molecule has 0 fully saturated rings. The van der Waals surface area contributed by atoms with Crippen LogP contribution in [0.25, 0.3) is 10.9 Å². The number of benzene rings is 6. The predicted molar refractivity (Wildman–Crippen MR) is 186 cm³/mol. The van der Waals surface area contributed by atoms with Crippen molar-refractivity contribution >= 4 is 44.6 Å². The first-order valence-electron chi connectivity index (χ1n) is 17.3. The van der Waals surface area contributed by atoms with E-state index < -0.39 is 144 Å². The largest absolute Gasteiger partial charge is 0.270 e. The van der Waals surface area contributed by atoms with E-state index in [1.54, 1.807) is 18.2 Å². The molecular weight excluding hydrogens is 931 g/mol. The molecule has 0 unspecified atom stereocenters. The normalized spacial score (nSPS) is 11.6. The lowest BCUT2D eigenvalue weighted by Gasteiger charge is -2.44. The Bertz CT molecular complexity index is 2740. The first kappa shape index (κ1) is 47.3. The van der Waals surface area contributed by atoms with E-state index in [1.807, 2.05) is 36.5 Å². The Morgan fingerprint density at radius 1 is 0.400 bits per heavy atom. The van der Waals surface area contributed by atoms with Crippen LogP contribution in [0.5, 0.6) is 0 Å². The van der Waals surface area contributed by atoms with E-state index >= 15 is 35.1 Å². The highest BCUT2D eigenvalue weighted by Gasteiger charge is 2.52. The van der Waals surface area contributed by atoms with Crippen LogP contribution in [-0.2, 0) is 6.54 Å². The highest BCUT2D eigenvalue weighted by Crippen LogP contribution is 2.31. The maximum absolute atomic E-state index is 15.4. The summed E-state index contributed by atoms with van der Waals surface area (Å²) in [5.74, 6) is -71.4. The molecule has 0 spiro atoms. The van der Waals surface area contributed by atoms with Crippen LogP contribution in [0.4, 0.5) is 93.5 Å². The quantitative estimate of drug-likeness (QED) is 0.0305. The Balaban J connectivity index is 0.000000289. The number of halogens is 20. The third kappa shape index (κ3) is 7.40. The van der Waals surface area contributed by atoms with E-state index in [2.05, 4.69) is 16.7 Å². The average Bonchev–Trinajstić information content (AvgIpc) is 3.29. The topological polar surface area (TPSA) is 47.0 Å². The zero-order valence-electron chi connectivity index (χ0n) is 30.9. The minimum absolute atomic E-state index is 0.120. The molecule has 1 aromatic heterocycles. The van der Waals surface area contributed by atoms with E-state index in [9.17, 15) is 62.8 Å². The number of nitro benzene ring substituents is 1. The maximum Gasteiger partial charge on any atom is 0.270 e. The molecule has 4 nitrogen and oxygen atoms in total. The Labute approximate surface area is 347 Å². The van der Waals surface area contributed by atoms with Crippen molar-refractivity contribution in [3.05, 3.63) is 199 Å². The van der Waals surface area contributed by atoms with Crippen molar-refractivity contribution < 1.29 is 97.3 Å². The van der Waals surface area contributed by atoms with Gasteiger partial charge in [0.05, 0.1) is 10.3 Å². The van der Waals surface area contributed by atoms with Crippen molar-refractivity contribution in [1.29, 1.82) is 0 Å². The number of hydrogen-bond donors (Lipinski definition) is 0. The molecule has 7 rings (SSSR count). The summed E-state index contributed by atoms with van der Waals surface area (Å²) in [5, 5.41) is 11.7.